The van der Waals surface area contributed by atoms with Gasteiger partial charge in [-0.05, 0) is 26.0 Å². The van der Waals surface area contributed by atoms with Gasteiger partial charge in [0.15, 0.2) is 11.5 Å². The van der Waals surface area contributed by atoms with Crippen LogP contribution >= 0.6 is 0 Å². The first-order chi connectivity index (χ1) is 16.4. The van der Waals surface area contributed by atoms with Crippen molar-refractivity contribution < 1.29 is 14.4 Å². The summed E-state index contributed by atoms with van der Waals surface area (Å²) in [7, 11) is 0. The Labute approximate surface area is 195 Å². The van der Waals surface area contributed by atoms with E-state index in [1.54, 1.807) is 61.5 Å². The van der Waals surface area contributed by atoms with Crippen LogP contribution in [0.4, 0.5) is 0 Å². The van der Waals surface area contributed by atoms with Crippen LogP contribution < -0.4 is 16.4 Å². The Morgan fingerprint density at radius 1 is 0.794 bits per heavy atom. The first-order valence-electron chi connectivity index (χ1n) is 10.7. The van der Waals surface area contributed by atoms with Gasteiger partial charge in [0.1, 0.15) is 0 Å². The average molecular weight is 454 g/mol. The highest BCUT2D eigenvalue weighted by Gasteiger charge is 2.20. The smallest absolute Gasteiger partial charge is 0.289 e. The SMILES string of the molecule is CCn1nc(C(=O)NNC(=O)c2ccccc2C(=O)c2ccc(C)cc2)c2ccccc2c1=O. The normalized spacial score (nSPS) is 10.6. The summed E-state index contributed by atoms with van der Waals surface area (Å²) in [5.41, 5.74) is 6.19. The summed E-state index contributed by atoms with van der Waals surface area (Å²) < 4.78 is 1.19. The highest BCUT2D eigenvalue weighted by atomic mass is 16.2. The maximum absolute atomic E-state index is 13.0. The summed E-state index contributed by atoms with van der Waals surface area (Å²) in [4.78, 5) is 51.2. The third-order valence-corrected chi connectivity index (χ3v) is 5.40. The van der Waals surface area contributed by atoms with E-state index in [0.29, 0.717) is 16.3 Å². The summed E-state index contributed by atoms with van der Waals surface area (Å²) in [6.07, 6.45) is 0. The minimum absolute atomic E-state index is 0.00127. The van der Waals surface area contributed by atoms with Gasteiger partial charge in [0.2, 0.25) is 0 Å². The molecule has 0 aliphatic carbocycles. The van der Waals surface area contributed by atoms with Crippen LogP contribution in [-0.4, -0.2) is 27.4 Å². The number of fused-ring (bicyclic) bond motifs is 1. The number of ketones is 1. The Kier molecular flexibility index (Phi) is 6.31. The Morgan fingerprint density at radius 2 is 1.38 bits per heavy atom. The molecule has 0 saturated carbocycles. The zero-order chi connectivity index (χ0) is 24.2. The minimum Gasteiger partial charge on any atom is -0.289 e. The quantitative estimate of drug-likeness (QED) is 0.356. The first kappa shape index (κ1) is 22.6. The number of carbonyl (C=O) groups excluding carboxylic acids is 3. The van der Waals surface area contributed by atoms with E-state index in [2.05, 4.69) is 16.0 Å². The van der Waals surface area contributed by atoms with Crippen LogP contribution in [0.15, 0.2) is 77.6 Å². The summed E-state index contributed by atoms with van der Waals surface area (Å²) in [5.74, 6) is -1.65. The number of benzene rings is 3. The molecule has 0 unspecified atom stereocenters. The lowest BCUT2D eigenvalue weighted by Gasteiger charge is -2.12. The molecule has 0 saturated heterocycles. The van der Waals surface area contributed by atoms with E-state index in [0.717, 1.165) is 5.56 Å². The fourth-order valence-electron chi connectivity index (χ4n) is 3.60. The average Bonchev–Trinajstić information content (AvgIpc) is 2.87. The molecule has 0 spiro atoms. The number of amides is 2. The van der Waals surface area contributed by atoms with Crippen molar-refractivity contribution in [2.24, 2.45) is 0 Å². The van der Waals surface area contributed by atoms with Crippen molar-refractivity contribution in [2.75, 3.05) is 0 Å². The predicted molar refractivity (Wildman–Crippen MR) is 128 cm³/mol. The standard InChI is InChI=1S/C26H22N4O4/c1-3-30-26(34)21-11-7-4-8-18(21)22(29-30)25(33)28-27-24(32)20-10-6-5-9-19(20)23(31)17-14-12-16(2)13-15-17/h4-15H,3H2,1-2H3,(H,27,32)(H,28,33). The van der Waals surface area contributed by atoms with E-state index in [-0.39, 0.29) is 34.7 Å². The molecule has 34 heavy (non-hydrogen) atoms. The van der Waals surface area contributed by atoms with E-state index in [1.807, 2.05) is 19.1 Å². The molecule has 0 atom stereocenters. The molecule has 0 aliphatic heterocycles. The predicted octanol–water partition coefficient (Wildman–Crippen LogP) is 3.03. The molecule has 1 aromatic heterocycles. The second kappa shape index (κ2) is 9.50. The van der Waals surface area contributed by atoms with Crippen molar-refractivity contribution >= 4 is 28.4 Å². The summed E-state index contributed by atoms with van der Waals surface area (Å²) in [5, 5.41) is 4.87. The van der Waals surface area contributed by atoms with Gasteiger partial charge in [-0.25, -0.2) is 4.68 Å². The molecule has 4 aromatic rings. The van der Waals surface area contributed by atoms with Crippen LogP contribution in [-0.2, 0) is 6.54 Å². The topological polar surface area (TPSA) is 110 Å². The van der Waals surface area contributed by atoms with E-state index in [1.165, 1.54) is 10.7 Å². The van der Waals surface area contributed by atoms with Gasteiger partial charge in [0.05, 0.1) is 10.9 Å². The number of aryl methyl sites for hydroxylation is 2. The van der Waals surface area contributed by atoms with Gasteiger partial charge in [-0.15, -0.1) is 0 Å². The summed E-state index contributed by atoms with van der Waals surface area (Å²) in [6, 6.07) is 20.1. The molecule has 2 amide bonds. The lowest BCUT2D eigenvalue weighted by atomic mass is 9.97. The summed E-state index contributed by atoms with van der Waals surface area (Å²) in [6.45, 7) is 3.95. The molecule has 0 radical (unpaired) electrons. The molecule has 1 heterocycles. The Balaban J connectivity index is 1.58. The van der Waals surface area contributed by atoms with Crippen LogP contribution in [0.5, 0.6) is 0 Å². The number of aromatic nitrogens is 2. The fourth-order valence-corrected chi connectivity index (χ4v) is 3.60. The van der Waals surface area contributed by atoms with Crippen molar-refractivity contribution in [3.05, 3.63) is 111 Å². The maximum atomic E-state index is 13.0. The van der Waals surface area contributed by atoms with E-state index < -0.39 is 11.8 Å². The third kappa shape index (κ3) is 4.33. The zero-order valence-corrected chi connectivity index (χ0v) is 18.7. The zero-order valence-electron chi connectivity index (χ0n) is 18.7. The molecule has 0 fully saturated rings. The third-order valence-electron chi connectivity index (χ3n) is 5.40. The van der Waals surface area contributed by atoms with Crippen molar-refractivity contribution in [1.82, 2.24) is 20.6 Å². The Hall–Kier alpha value is -4.59. The molecule has 4 rings (SSSR count). The van der Waals surface area contributed by atoms with Crippen LogP contribution in [0.2, 0.25) is 0 Å². The lowest BCUT2D eigenvalue weighted by Crippen LogP contribution is -2.43. The van der Waals surface area contributed by atoms with Gasteiger partial charge in [-0.3, -0.25) is 30.0 Å². The van der Waals surface area contributed by atoms with Crippen LogP contribution in [0.25, 0.3) is 10.8 Å². The largest absolute Gasteiger partial charge is 0.290 e. The second-order valence-electron chi connectivity index (χ2n) is 7.66. The van der Waals surface area contributed by atoms with Crippen molar-refractivity contribution in [1.29, 1.82) is 0 Å². The summed E-state index contributed by atoms with van der Waals surface area (Å²) >= 11 is 0. The van der Waals surface area contributed by atoms with Gasteiger partial charge < -0.3 is 0 Å². The molecule has 2 N–H and O–H groups in total. The molecule has 170 valence electrons. The van der Waals surface area contributed by atoms with Gasteiger partial charge in [0.25, 0.3) is 17.4 Å². The molecule has 0 bridgehead atoms. The van der Waals surface area contributed by atoms with E-state index in [9.17, 15) is 19.2 Å². The van der Waals surface area contributed by atoms with Crippen LogP contribution in [0.3, 0.4) is 0 Å². The highest BCUT2D eigenvalue weighted by Crippen LogP contribution is 2.16. The van der Waals surface area contributed by atoms with Crippen molar-refractivity contribution in [3.63, 3.8) is 0 Å². The molecular weight excluding hydrogens is 432 g/mol. The number of rotatable bonds is 5. The van der Waals surface area contributed by atoms with Gasteiger partial charge in [-0.2, -0.15) is 5.10 Å². The van der Waals surface area contributed by atoms with E-state index >= 15 is 0 Å². The Morgan fingerprint density at radius 3 is 2.06 bits per heavy atom. The van der Waals surface area contributed by atoms with Crippen molar-refractivity contribution in [3.8, 4) is 0 Å². The minimum atomic E-state index is -0.686. The monoisotopic (exact) mass is 454 g/mol. The van der Waals surface area contributed by atoms with Gasteiger partial charge in [-0.1, -0.05) is 66.2 Å². The number of hydrogen-bond donors (Lipinski definition) is 2. The van der Waals surface area contributed by atoms with Crippen LogP contribution in [0.1, 0.15) is 49.3 Å². The molecule has 8 heteroatoms. The van der Waals surface area contributed by atoms with E-state index in [4.69, 9.17) is 0 Å². The van der Waals surface area contributed by atoms with Gasteiger partial charge >= 0.3 is 0 Å². The molecule has 8 nitrogen and oxygen atoms in total. The number of nitrogens with zero attached hydrogens (tertiary/aromatic N) is 2. The molecular formula is C26H22N4O4. The number of hydrazine groups is 1. The van der Waals surface area contributed by atoms with Crippen LogP contribution in [0, 0.1) is 6.92 Å². The maximum Gasteiger partial charge on any atom is 0.290 e. The number of hydrogen-bond acceptors (Lipinski definition) is 5. The number of nitrogens with one attached hydrogen (secondary N) is 2. The lowest BCUT2D eigenvalue weighted by molar-refractivity contribution is 0.0842. The first-order valence-corrected chi connectivity index (χ1v) is 10.7. The van der Waals surface area contributed by atoms with Crippen molar-refractivity contribution in [2.45, 2.75) is 20.4 Å². The number of carbonyl (C=O) groups is 3. The second-order valence-corrected chi connectivity index (χ2v) is 7.66. The Bertz CT molecular complexity index is 1470. The molecule has 0 aliphatic rings. The van der Waals surface area contributed by atoms with Gasteiger partial charge in [0, 0.05) is 23.1 Å². The fraction of sp³-hybridized carbons (Fsp3) is 0.115. The highest BCUT2D eigenvalue weighted by molar-refractivity contribution is 6.15. The molecule has 3 aromatic carbocycles.